The summed E-state index contributed by atoms with van der Waals surface area (Å²) >= 11 is 2.85. The van der Waals surface area contributed by atoms with Gasteiger partial charge in [0.1, 0.15) is 34.3 Å². The van der Waals surface area contributed by atoms with Crippen LogP contribution in [-0.2, 0) is 0 Å². The zero-order chi connectivity index (χ0) is 17.2. The number of anilines is 1. The molecule has 1 aliphatic rings. The lowest BCUT2D eigenvalue weighted by molar-refractivity contribution is 0.402. The van der Waals surface area contributed by atoms with Gasteiger partial charge in [0.15, 0.2) is 5.13 Å². The molecule has 0 atom stereocenters. The summed E-state index contributed by atoms with van der Waals surface area (Å²) in [5.74, 6) is -0.394. The van der Waals surface area contributed by atoms with Gasteiger partial charge in [0.05, 0.1) is 5.56 Å². The SMILES string of the molecule is Oc1ccc(F)cc1-c1nc(-c2csc(NC3NCCCN3)n2)cs1. The van der Waals surface area contributed by atoms with Gasteiger partial charge in [0.2, 0.25) is 0 Å². The maximum absolute atomic E-state index is 13.4. The summed E-state index contributed by atoms with van der Waals surface area (Å²) in [7, 11) is 0. The second kappa shape index (κ2) is 7.04. The molecule has 0 saturated carbocycles. The van der Waals surface area contributed by atoms with Crippen LogP contribution in [-0.4, -0.2) is 34.5 Å². The van der Waals surface area contributed by atoms with Crippen LogP contribution in [0.3, 0.4) is 0 Å². The van der Waals surface area contributed by atoms with Crippen molar-refractivity contribution >= 4 is 27.8 Å². The van der Waals surface area contributed by atoms with Gasteiger partial charge in [-0.05, 0) is 37.7 Å². The predicted molar refractivity (Wildman–Crippen MR) is 98.3 cm³/mol. The number of aromatic hydroxyl groups is 1. The van der Waals surface area contributed by atoms with Crippen molar-refractivity contribution in [2.24, 2.45) is 0 Å². The van der Waals surface area contributed by atoms with E-state index in [2.05, 4.69) is 25.9 Å². The summed E-state index contributed by atoms with van der Waals surface area (Å²) in [4.78, 5) is 9.05. The monoisotopic (exact) mass is 377 g/mol. The number of nitrogens with one attached hydrogen (secondary N) is 3. The number of thiazole rings is 2. The molecule has 0 spiro atoms. The molecule has 3 heterocycles. The molecule has 0 radical (unpaired) electrons. The number of hydrogen-bond donors (Lipinski definition) is 4. The average molecular weight is 377 g/mol. The molecule has 2 aromatic heterocycles. The molecule has 1 aliphatic heterocycles. The standard InChI is InChI=1S/C16H16FN5OS2/c17-9-2-3-13(23)10(6-9)14-20-11(7-24-14)12-8-25-16(21-12)22-15-18-4-1-5-19-15/h2-3,6-8,15,18-19,23H,1,4-5H2,(H,21,22). The first-order valence-electron chi connectivity index (χ1n) is 7.83. The Labute approximate surface area is 151 Å². The number of hydrogen-bond acceptors (Lipinski definition) is 8. The zero-order valence-electron chi connectivity index (χ0n) is 13.1. The Morgan fingerprint density at radius 2 is 1.88 bits per heavy atom. The van der Waals surface area contributed by atoms with E-state index in [1.54, 1.807) is 0 Å². The first-order valence-corrected chi connectivity index (χ1v) is 9.58. The Balaban J connectivity index is 1.53. The topological polar surface area (TPSA) is 82.1 Å². The van der Waals surface area contributed by atoms with Gasteiger partial charge >= 0.3 is 0 Å². The molecule has 4 rings (SSSR count). The Kier molecular flexibility index (Phi) is 4.62. The number of phenols is 1. The van der Waals surface area contributed by atoms with Crippen molar-refractivity contribution in [2.45, 2.75) is 12.7 Å². The highest BCUT2D eigenvalue weighted by Crippen LogP contribution is 2.35. The van der Waals surface area contributed by atoms with Gasteiger partial charge in [0, 0.05) is 10.8 Å². The number of halogens is 1. The van der Waals surface area contributed by atoms with E-state index in [1.165, 1.54) is 40.9 Å². The minimum atomic E-state index is -0.405. The molecule has 25 heavy (non-hydrogen) atoms. The van der Waals surface area contributed by atoms with Crippen molar-refractivity contribution in [1.82, 2.24) is 20.6 Å². The fourth-order valence-corrected chi connectivity index (χ4v) is 4.10. The molecule has 6 nitrogen and oxygen atoms in total. The van der Waals surface area contributed by atoms with E-state index < -0.39 is 5.82 Å². The summed E-state index contributed by atoms with van der Waals surface area (Å²) in [5.41, 5.74) is 1.85. The fraction of sp³-hybridized carbons (Fsp3) is 0.250. The van der Waals surface area contributed by atoms with Crippen LogP contribution >= 0.6 is 22.7 Å². The quantitative estimate of drug-likeness (QED) is 0.559. The predicted octanol–water partition coefficient (Wildman–Crippen LogP) is 3.06. The maximum atomic E-state index is 13.4. The molecule has 130 valence electrons. The van der Waals surface area contributed by atoms with Gasteiger partial charge < -0.3 is 10.4 Å². The Morgan fingerprint density at radius 3 is 2.72 bits per heavy atom. The largest absolute Gasteiger partial charge is 0.507 e. The first-order chi connectivity index (χ1) is 12.2. The third-order valence-electron chi connectivity index (χ3n) is 3.78. The molecule has 1 aromatic carbocycles. The normalized spacial score (nSPS) is 15.4. The van der Waals surface area contributed by atoms with Gasteiger partial charge in [-0.1, -0.05) is 0 Å². The lowest BCUT2D eigenvalue weighted by atomic mass is 10.2. The van der Waals surface area contributed by atoms with Crippen LogP contribution in [0, 0.1) is 5.82 Å². The van der Waals surface area contributed by atoms with Crippen LogP contribution in [0.4, 0.5) is 9.52 Å². The smallest absolute Gasteiger partial charge is 0.185 e. The van der Waals surface area contributed by atoms with Gasteiger partial charge in [0.25, 0.3) is 0 Å². The fourth-order valence-electron chi connectivity index (χ4n) is 2.53. The van der Waals surface area contributed by atoms with Crippen molar-refractivity contribution in [1.29, 1.82) is 0 Å². The molecular formula is C16H16FN5OS2. The lowest BCUT2D eigenvalue weighted by Gasteiger charge is -2.25. The highest BCUT2D eigenvalue weighted by Gasteiger charge is 2.15. The van der Waals surface area contributed by atoms with E-state index in [4.69, 9.17) is 0 Å². The second-order valence-electron chi connectivity index (χ2n) is 5.58. The number of rotatable bonds is 4. The molecule has 0 bridgehead atoms. The number of nitrogens with zero attached hydrogens (tertiary/aromatic N) is 2. The molecule has 1 fully saturated rings. The van der Waals surface area contributed by atoms with E-state index in [0.717, 1.165) is 30.3 Å². The van der Waals surface area contributed by atoms with Crippen LogP contribution in [0.2, 0.25) is 0 Å². The van der Waals surface area contributed by atoms with Gasteiger partial charge in [-0.25, -0.2) is 14.4 Å². The highest BCUT2D eigenvalue weighted by atomic mass is 32.1. The Hall–Kier alpha value is -2.07. The minimum absolute atomic E-state index is 0.0115. The van der Waals surface area contributed by atoms with Gasteiger partial charge in [-0.15, -0.1) is 22.7 Å². The van der Waals surface area contributed by atoms with E-state index in [9.17, 15) is 9.50 Å². The van der Waals surface area contributed by atoms with Crippen molar-refractivity contribution in [3.63, 3.8) is 0 Å². The first kappa shape index (κ1) is 16.4. The third kappa shape index (κ3) is 3.64. The van der Waals surface area contributed by atoms with Crippen LogP contribution in [0.25, 0.3) is 22.0 Å². The van der Waals surface area contributed by atoms with Crippen LogP contribution in [0.15, 0.2) is 29.0 Å². The average Bonchev–Trinajstić information content (AvgIpc) is 3.27. The summed E-state index contributed by atoms with van der Waals surface area (Å²) in [5, 5.41) is 25.0. The zero-order valence-corrected chi connectivity index (χ0v) is 14.8. The molecule has 0 amide bonds. The molecule has 9 heteroatoms. The summed E-state index contributed by atoms with van der Waals surface area (Å²) < 4.78 is 13.4. The van der Waals surface area contributed by atoms with E-state index >= 15 is 0 Å². The van der Waals surface area contributed by atoms with E-state index in [1.807, 2.05) is 10.8 Å². The number of benzene rings is 1. The van der Waals surface area contributed by atoms with Crippen molar-refractivity contribution in [2.75, 3.05) is 18.4 Å². The summed E-state index contributed by atoms with van der Waals surface area (Å²) in [6, 6.07) is 3.84. The molecule has 0 aliphatic carbocycles. The maximum Gasteiger partial charge on any atom is 0.185 e. The summed E-state index contributed by atoms with van der Waals surface area (Å²) in [6.07, 6.45) is 1.12. The van der Waals surface area contributed by atoms with Gasteiger partial charge in [-0.2, -0.15) is 0 Å². The second-order valence-corrected chi connectivity index (χ2v) is 7.29. The van der Waals surface area contributed by atoms with E-state index in [0.29, 0.717) is 16.3 Å². The van der Waals surface area contributed by atoms with Crippen LogP contribution in [0.1, 0.15) is 6.42 Å². The highest BCUT2D eigenvalue weighted by molar-refractivity contribution is 7.14. The minimum Gasteiger partial charge on any atom is -0.507 e. The van der Waals surface area contributed by atoms with Crippen molar-refractivity contribution in [3.8, 4) is 27.7 Å². The summed E-state index contributed by atoms with van der Waals surface area (Å²) in [6.45, 7) is 1.94. The van der Waals surface area contributed by atoms with Crippen LogP contribution < -0.4 is 16.0 Å². The lowest BCUT2D eigenvalue weighted by Crippen LogP contribution is -2.52. The molecule has 1 saturated heterocycles. The third-order valence-corrected chi connectivity index (χ3v) is 5.43. The van der Waals surface area contributed by atoms with Crippen molar-refractivity contribution in [3.05, 3.63) is 34.8 Å². The van der Waals surface area contributed by atoms with Gasteiger partial charge in [-0.3, -0.25) is 10.6 Å². The molecule has 0 unspecified atom stereocenters. The molecule has 4 N–H and O–H groups in total. The molecule has 3 aromatic rings. The Morgan fingerprint density at radius 1 is 1.12 bits per heavy atom. The molecular weight excluding hydrogens is 361 g/mol. The van der Waals surface area contributed by atoms with E-state index in [-0.39, 0.29) is 12.0 Å². The Bertz CT molecular complexity index is 875. The van der Waals surface area contributed by atoms with Crippen LogP contribution in [0.5, 0.6) is 5.75 Å². The number of aromatic nitrogens is 2. The van der Waals surface area contributed by atoms with Crippen molar-refractivity contribution < 1.29 is 9.50 Å². The number of phenolic OH excluding ortho intramolecular Hbond substituents is 1.